The van der Waals surface area contributed by atoms with Gasteiger partial charge in [0, 0.05) is 12.6 Å². The van der Waals surface area contributed by atoms with Crippen LogP contribution in [0.4, 0.5) is 0 Å². The van der Waals surface area contributed by atoms with Gasteiger partial charge in [-0.2, -0.15) is 5.10 Å². The van der Waals surface area contributed by atoms with Gasteiger partial charge in [0.2, 0.25) is 0 Å². The van der Waals surface area contributed by atoms with Gasteiger partial charge in [-0.05, 0) is 27.6 Å². The van der Waals surface area contributed by atoms with Crippen molar-refractivity contribution in [3.05, 3.63) is 46.7 Å². The van der Waals surface area contributed by atoms with Crippen LogP contribution in [-0.4, -0.2) is 15.9 Å². The smallest absolute Gasteiger partial charge is 0.123 e. The van der Waals surface area contributed by atoms with Crippen molar-refractivity contribution in [3.63, 3.8) is 0 Å². The second-order valence-corrected chi connectivity index (χ2v) is 4.85. The first-order valence-corrected chi connectivity index (χ1v) is 6.03. The van der Waals surface area contributed by atoms with Crippen LogP contribution >= 0.6 is 15.9 Å². The van der Waals surface area contributed by atoms with E-state index in [0.29, 0.717) is 0 Å². The summed E-state index contributed by atoms with van der Waals surface area (Å²) in [6.07, 6.45) is 4.92. The van der Waals surface area contributed by atoms with Crippen molar-refractivity contribution < 1.29 is 4.74 Å². The van der Waals surface area contributed by atoms with E-state index < -0.39 is 0 Å². The third kappa shape index (κ3) is 1.85. The molecule has 0 saturated heterocycles. The topological polar surface area (TPSA) is 27.1 Å². The van der Waals surface area contributed by atoms with Gasteiger partial charge in [0.15, 0.2) is 0 Å². The lowest BCUT2D eigenvalue weighted by atomic mass is 10.1. The Morgan fingerprint density at radius 2 is 2.31 bits per heavy atom. The Labute approximate surface area is 102 Å². The zero-order valence-corrected chi connectivity index (χ0v) is 10.2. The first-order valence-electron chi connectivity index (χ1n) is 5.24. The first kappa shape index (κ1) is 9.90. The molecular formula is C12H11BrN2O. The molecule has 1 aliphatic rings. The summed E-state index contributed by atoms with van der Waals surface area (Å²) in [5.41, 5.74) is 1.29. The molecule has 1 atom stereocenters. The van der Waals surface area contributed by atoms with E-state index in [1.165, 1.54) is 5.56 Å². The lowest BCUT2D eigenvalue weighted by Crippen LogP contribution is -2.20. The quantitative estimate of drug-likeness (QED) is 0.845. The van der Waals surface area contributed by atoms with Crippen molar-refractivity contribution in [2.24, 2.45) is 0 Å². The van der Waals surface area contributed by atoms with Gasteiger partial charge in [-0.15, -0.1) is 0 Å². The minimum Gasteiger partial charge on any atom is -0.488 e. The lowest BCUT2D eigenvalue weighted by Gasteiger charge is -2.10. The van der Waals surface area contributed by atoms with Crippen molar-refractivity contribution in [2.75, 3.05) is 0 Å². The Bertz CT molecular complexity index is 484. The number of halogens is 1. The summed E-state index contributed by atoms with van der Waals surface area (Å²) in [5.74, 6) is 1.01. The van der Waals surface area contributed by atoms with Gasteiger partial charge in [0.25, 0.3) is 0 Å². The monoisotopic (exact) mass is 278 g/mol. The lowest BCUT2D eigenvalue weighted by molar-refractivity contribution is 0.203. The first-order chi connectivity index (χ1) is 7.81. The zero-order chi connectivity index (χ0) is 11.0. The van der Waals surface area contributed by atoms with E-state index in [1.54, 1.807) is 6.20 Å². The van der Waals surface area contributed by atoms with Gasteiger partial charge in [-0.25, -0.2) is 0 Å². The predicted molar refractivity (Wildman–Crippen MR) is 64.5 cm³/mol. The van der Waals surface area contributed by atoms with Crippen LogP contribution in [-0.2, 0) is 13.0 Å². The van der Waals surface area contributed by atoms with Crippen LogP contribution in [0.15, 0.2) is 41.1 Å². The normalized spacial score (nSPS) is 18.2. The van der Waals surface area contributed by atoms with Crippen LogP contribution < -0.4 is 4.74 Å². The standard InChI is InChI=1S/C12H11BrN2O/c13-10-6-14-15(7-10)8-11-5-9-3-1-2-4-12(9)16-11/h1-4,6-7,11H,5,8H2. The molecule has 0 saturated carbocycles. The molecular weight excluding hydrogens is 268 g/mol. The molecule has 3 nitrogen and oxygen atoms in total. The summed E-state index contributed by atoms with van der Waals surface area (Å²) >= 11 is 3.39. The molecule has 0 aliphatic carbocycles. The van der Waals surface area contributed by atoms with Gasteiger partial charge in [0.05, 0.1) is 17.2 Å². The molecule has 1 aromatic heterocycles. The second-order valence-electron chi connectivity index (χ2n) is 3.93. The fourth-order valence-corrected chi connectivity index (χ4v) is 2.33. The van der Waals surface area contributed by atoms with Crippen molar-refractivity contribution in [1.82, 2.24) is 9.78 Å². The zero-order valence-electron chi connectivity index (χ0n) is 8.64. The Hall–Kier alpha value is -1.29. The number of hydrogen-bond donors (Lipinski definition) is 0. The van der Waals surface area contributed by atoms with Crippen molar-refractivity contribution in [3.8, 4) is 5.75 Å². The molecule has 0 fully saturated rings. The number of nitrogens with zero attached hydrogens (tertiary/aromatic N) is 2. The van der Waals surface area contributed by atoms with Gasteiger partial charge in [-0.1, -0.05) is 18.2 Å². The minimum absolute atomic E-state index is 0.198. The van der Waals surface area contributed by atoms with Crippen molar-refractivity contribution in [1.29, 1.82) is 0 Å². The molecule has 82 valence electrons. The largest absolute Gasteiger partial charge is 0.488 e. The number of ether oxygens (including phenoxy) is 1. The average molecular weight is 279 g/mol. The second kappa shape index (κ2) is 3.94. The van der Waals surface area contributed by atoms with E-state index in [-0.39, 0.29) is 6.10 Å². The molecule has 1 aliphatic heterocycles. The van der Waals surface area contributed by atoms with Crippen molar-refractivity contribution in [2.45, 2.75) is 19.1 Å². The van der Waals surface area contributed by atoms with Crippen LogP contribution in [0.2, 0.25) is 0 Å². The summed E-state index contributed by atoms with van der Waals surface area (Å²) in [5, 5.41) is 4.23. The van der Waals surface area contributed by atoms with E-state index in [9.17, 15) is 0 Å². The predicted octanol–water partition coefficient (Wildman–Crippen LogP) is 2.65. The maximum atomic E-state index is 5.84. The maximum absolute atomic E-state index is 5.84. The molecule has 0 N–H and O–H groups in total. The molecule has 0 amide bonds. The van der Waals surface area contributed by atoms with Crippen LogP contribution in [0.5, 0.6) is 5.75 Å². The highest BCUT2D eigenvalue weighted by Gasteiger charge is 2.22. The fraction of sp³-hybridized carbons (Fsp3) is 0.250. The van der Waals surface area contributed by atoms with Gasteiger partial charge in [0.1, 0.15) is 11.9 Å². The molecule has 0 bridgehead atoms. The summed E-state index contributed by atoms with van der Waals surface area (Å²) in [4.78, 5) is 0. The summed E-state index contributed by atoms with van der Waals surface area (Å²) in [7, 11) is 0. The summed E-state index contributed by atoms with van der Waals surface area (Å²) < 4.78 is 8.75. The molecule has 3 rings (SSSR count). The number of rotatable bonds is 2. The molecule has 4 heteroatoms. The van der Waals surface area contributed by atoms with Crippen LogP contribution in [0.3, 0.4) is 0 Å². The molecule has 0 radical (unpaired) electrons. The molecule has 2 heterocycles. The molecule has 1 unspecified atom stereocenters. The fourth-order valence-electron chi connectivity index (χ4n) is 2.00. The average Bonchev–Trinajstić information content (AvgIpc) is 2.84. The maximum Gasteiger partial charge on any atom is 0.123 e. The summed E-state index contributed by atoms with van der Waals surface area (Å²) in [6.45, 7) is 0.792. The summed E-state index contributed by atoms with van der Waals surface area (Å²) in [6, 6.07) is 8.20. The Morgan fingerprint density at radius 3 is 3.06 bits per heavy atom. The molecule has 2 aromatic rings. The van der Waals surface area contributed by atoms with E-state index in [2.05, 4.69) is 33.2 Å². The Kier molecular flexibility index (Phi) is 2.44. The molecule has 0 spiro atoms. The van der Waals surface area contributed by atoms with Gasteiger partial charge < -0.3 is 4.74 Å². The molecule has 16 heavy (non-hydrogen) atoms. The van der Waals surface area contributed by atoms with E-state index in [0.717, 1.165) is 23.2 Å². The van der Waals surface area contributed by atoms with Crippen LogP contribution in [0.1, 0.15) is 5.56 Å². The van der Waals surface area contributed by atoms with Crippen molar-refractivity contribution >= 4 is 15.9 Å². The Balaban J connectivity index is 1.72. The molecule has 1 aromatic carbocycles. The minimum atomic E-state index is 0.198. The highest BCUT2D eigenvalue weighted by molar-refractivity contribution is 9.10. The Morgan fingerprint density at radius 1 is 1.44 bits per heavy atom. The third-order valence-electron chi connectivity index (χ3n) is 2.71. The van der Waals surface area contributed by atoms with E-state index in [4.69, 9.17) is 4.74 Å². The highest BCUT2D eigenvalue weighted by atomic mass is 79.9. The third-order valence-corrected chi connectivity index (χ3v) is 3.12. The number of aromatic nitrogens is 2. The number of benzene rings is 1. The van der Waals surface area contributed by atoms with Gasteiger partial charge >= 0.3 is 0 Å². The number of fused-ring (bicyclic) bond motifs is 1. The SMILES string of the molecule is Brc1cnn(CC2Cc3ccccc3O2)c1. The highest BCUT2D eigenvalue weighted by Crippen LogP contribution is 2.28. The van der Waals surface area contributed by atoms with E-state index >= 15 is 0 Å². The number of para-hydroxylation sites is 1. The van der Waals surface area contributed by atoms with Crippen LogP contribution in [0.25, 0.3) is 0 Å². The number of hydrogen-bond acceptors (Lipinski definition) is 2. The van der Waals surface area contributed by atoms with Gasteiger partial charge in [-0.3, -0.25) is 4.68 Å². The van der Waals surface area contributed by atoms with Crippen LogP contribution in [0, 0.1) is 0 Å². The van der Waals surface area contributed by atoms with E-state index in [1.807, 2.05) is 23.0 Å².